The summed E-state index contributed by atoms with van der Waals surface area (Å²) in [5, 5.41) is 13.2. The smallest absolute Gasteiger partial charge is 0.422 e. The van der Waals surface area contributed by atoms with E-state index in [1.165, 1.54) is 0 Å². The van der Waals surface area contributed by atoms with E-state index in [1.54, 1.807) is 30.3 Å². The van der Waals surface area contributed by atoms with Crippen molar-refractivity contribution in [3.05, 3.63) is 75.3 Å². The van der Waals surface area contributed by atoms with Gasteiger partial charge in [0.25, 0.3) is 5.69 Å². The van der Waals surface area contributed by atoms with Crippen LogP contribution in [-0.4, -0.2) is 51.6 Å². The predicted octanol–water partition coefficient (Wildman–Crippen LogP) is 3.44. The molecule has 0 saturated heterocycles. The highest BCUT2D eigenvalue weighted by Gasteiger charge is 2.47. The molecule has 2 aromatic rings. The Labute approximate surface area is 202 Å². The van der Waals surface area contributed by atoms with Crippen molar-refractivity contribution < 1.29 is 51.7 Å². The van der Waals surface area contributed by atoms with Crippen LogP contribution in [0, 0.1) is 10.1 Å². The molecule has 1 amide bonds. The lowest BCUT2D eigenvalue weighted by molar-refractivity contribution is -0.388. The Morgan fingerprint density at radius 1 is 1.14 bits per heavy atom. The van der Waals surface area contributed by atoms with Crippen LogP contribution in [0.2, 0.25) is 0 Å². The second kappa shape index (κ2) is 11.9. The number of hydrogen-bond donors (Lipinski definition) is 3. The van der Waals surface area contributed by atoms with Crippen LogP contribution in [0.3, 0.4) is 0 Å². The van der Waals surface area contributed by atoms with Gasteiger partial charge in [0, 0.05) is 12.5 Å². The molecule has 2 aromatic carbocycles. The second-order valence-corrected chi connectivity index (χ2v) is 9.63. The summed E-state index contributed by atoms with van der Waals surface area (Å²) in [4.78, 5) is 66.9. The topological polar surface area (TPSA) is 165 Å². The SMILES string of the molecule is COC(=O)[C@H](CC[P+](O)(O)C(=O)c1ccc(C(F)(F)F)c([N+](=O)[O-])c1)NC(=O)OCc1ccccc1. The first-order chi connectivity index (χ1) is 16.8. The van der Waals surface area contributed by atoms with Gasteiger partial charge in [0.1, 0.15) is 24.4 Å². The summed E-state index contributed by atoms with van der Waals surface area (Å²) in [6.07, 6.45) is -7.44. The van der Waals surface area contributed by atoms with E-state index in [-0.39, 0.29) is 12.7 Å². The fraction of sp³-hybridized carbons (Fsp3) is 0.286. The summed E-state index contributed by atoms with van der Waals surface area (Å²) in [6.45, 7) is -0.136. The largest absolute Gasteiger partial charge is 0.467 e. The summed E-state index contributed by atoms with van der Waals surface area (Å²) in [5.41, 5.74) is -4.60. The molecule has 0 radical (unpaired) electrons. The standard InChI is InChI=1S/C21H20F3N2O9P/c1-34-18(27)16(25-20(29)35-12-13-5-3-2-4-6-13)9-10-36(32,33)19(28)14-7-8-15(21(22,23)24)17(11-14)26(30)31/h2-8,11,16,32-33H,9-10,12H2,1H3/p+1/t16-/m0/s1. The van der Waals surface area contributed by atoms with Gasteiger partial charge in [-0.2, -0.15) is 13.2 Å². The van der Waals surface area contributed by atoms with Gasteiger partial charge in [-0.15, -0.1) is 0 Å². The number of amides is 1. The molecular formula is C21H21F3N2O9P+. The van der Waals surface area contributed by atoms with Crippen molar-refractivity contribution in [2.75, 3.05) is 13.3 Å². The van der Waals surface area contributed by atoms with Crippen LogP contribution in [0.5, 0.6) is 0 Å². The maximum atomic E-state index is 13.0. The minimum absolute atomic E-state index is 0.136. The lowest BCUT2D eigenvalue weighted by Crippen LogP contribution is -2.42. The molecule has 0 heterocycles. The number of nitrogens with one attached hydrogen (secondary N) is 1. The van der Waals surface area contributed by atoms with E-state index in [9.17, 15) is 47.5 Å². The van der Waals surface area contributed by atoms with Crippen LogP contribution >= 0.6 is 7.72 Å². The number of carbonyl (C=O) groups is 3. The fourth-order valence-corrected chi connectivity index (χ4v) is 4.35. The summed E-state index contributed by atoms with van der Waals surface area (Å²) >= 11 is 0. The number of methoxy groups -OCH3 is 1. The maximum Gasteiger partial charge on any atom is 0.422 e. The van der Waals surface area contributed by atoms with E-state index >= 15 is 0 Å². The molecule has 3 N–H and O–H groups in total. The Morgan fingerprint density at radius 2 is 1.78 bits per heavy atom. The Morgan fingerprint density at radius 3 is 2.33 bits per heavy atom. The van der Waals surface area contributed by atoms with Crippen molar-refractivity contribution in [1.29, 1.82) is 0 Å². The zero-order chi connectivity index (χ0) is 27.1. The summed E-state index contributed by atoms with van der Waals surface area (Å²) < 4.78 is 48.5. The van der Waals surface area contributed by atoms with Crippen molar-refractivity contribution >= 4 is 31.0 Å². The quantitative estimate of drug-likeness (QED) is 0.179. The van der Waals surface area contributed by atoms with E-state index in [4.69, 9.17) is 4.74 Å². The second-order valence-electron chi connectivity index (χ2n) is 7.32. The number of nitro groups is 1. The lowest BCUT2D eigenvalue weighted by atomic mass is 10.1. The molecule has 36 heavy (non-hydrogen) atoms. The average Bonchev–Trinajstić information content (AvgIpc) is 2.83. The normalized spacial score (nSPS) is 12.4. The van der Waals surface area contributed by atoms with Crippen molar-refractivity contribution in [2.45, 2.75) is 25.2 Å². The zero-order valence-corrected chi connectivity index (χ0v) is 19.5. The van der Waals surface area contributed by atoms with Crippen LogP contribution in [0.4, 0.5) is 23.7 Å². The van der Waals surface area contributed by atoms with Gasteiger partial charge in [-0.1, -0.05) is 30.3 Å². The minimum Gasteiger partial charge on any atom is -0.467 e. The van der Waals surface area contributed by atoms with Gasteiger partial charge in [-0.05, 0) is 17.7 Å². The molecule has 0 aromatic heterocycles. The van der Waals surface area contributed by atoms with Crippen molar-refractivity contribution in [3.63, 3.8) is 0 Å². The molecule has 0 aliphatic rings. The Kier molecular flexibility index (Phi) is 9.45. The van der Waals surface area contributed by atoms with Gasteiger partial charge in [0.2, 0.25) is 0 Å². The van der Waals surface area contributed by atoms with Gasteiger partial charge in [0.15, 0.2) is 0 Å². The number of nitro benzene ring substituents is 1. The van der Waals surface area contributed by atoms with E-state index in [1.807, 2.05) is 0 Å². The molecule has 15 heteroatoms. The molecule has 0 bridgehead atoms. The molecule has 194 valence electrons. The molecule has 0 spiro atoms. The molecule has 0 aliphatic carbocycles. The highest BCUT2D eigenvalue weighted by atomic mass is 31.2. The Hall–Kier alpha value is -3.61. The first kappa shape index (κ1) is 28.6. The van der Waals surface area contributed by atoms with E-state index < -0.39 is 71.8 Å². The third kappa shape index (κ3) is 7.70. The van der Waals surface area contributed by atoms with Crippen LogP contribution in [-0.2, 0) is 27.1 Å². The van der Waals surface area contributed by atoms with E-state index in [0.717, 1.165) is 7.11 Å². The molecular weight excluding hydrogens is 512 g/mol. The monoisotopic (exact) mass is 533 g/mol. The van der Waals surface area contributed by atoms with Gasteiger partial charge in [-0.25, -0.2) is 24.2 Å². The summed E-state index contributed by atoms with van der Waals surface area (Å²) in [7, 11) is -3.62. The first-order valence-electron chi connectivity index (χ1n) is 10.1. The van der Waals surface area contributed by atoms with Gasteiger partial charge in [-0.3, -0.25) is 10.1 Å². The summed E-state index contributed by atoms with van der Waals surface area (Å²) in [5.74, 6) is -0.996. The lowest BCUT2D eigenvalue weighted by Gasteiger charge is -2.18. The molecule has 2 rings (SSSR count). The molecule has 11 nitrogen and oxygen atoms in total. The van der Waals surface area contributed by atoms with Gasteiger partial charge >= 0.3 is 31.5 Å². The average molecular weight is 533 g/mol. The predicted molar refractivity (Wildman–Crippen MR) is 119 cm³/mol. The van der Waals surface area contributed by atoms with Crippen LogP contribution in [0.1, 0.15) is 27.9 Å². The van der Waals surface area contributed by atoms with Crippen molar-refractivity contribution in [2.24, 2.45) is 0 Å². The highest BCUT2D eigenvalue weighted by Crippen LogP contribution is 2.54. The molecule has 1 atom stereocenters. The third-order valence-electron chi connectivity index (χ3n) is 4.79. The molecule has 0 aliphatic heterocycles. The minimum atomic E-state index is -5.08. The molecule has 0 saturated carbocycles. The van der Waals surface area contributed by atoms with Gasteiger partial charge in [0.05, 0.1) is 17.6 Å². The first-order valence-corrected chi connectivity index (χ1v) is 11.9. The number of nitrogens with zero attached hydrogens (tertiary/aromatic N) is 1. The number of hydrogen-bond acceptors (Lipinski definition) is 9. The maximum absolute atomic E-state index is 13.0. The van der Waals surface area contributed by atoms with Crippen LogP contribution < -0.4 is 5.32 Å². The Balaban J connectivity index is 2.11. The number of benzene rings is 2. The third-order valence-corrected chi connectivity index (χ3v) is 6.58. The number of ether oxygens (including phenoxy) is 2. The van der Waals surface area contributed by atoms with E-state index in [2.05, 4.69) is 10.1 Å². The van der Waals surface area contributed by atoms with Crippen molar-refractivity contribution in [1.82, 2.24) is 5.32 Å². The molecule has 0 unspecified atom stereocenters. The number of halogens is 3. The number of esters is 1. The van der Waals surface area contributed by atoms with Crippen LogP contribution in [0.25, 0.3) is 0 Å². The Bertz CT molecular complexity index is 1130. The number of rotatable bonds is 10. The highest BCUT2D eigenvalue weighted by molar-refractivity contribution is 7.81. The fourth-order valence-electron chi connectivity index (χ4n) is 2.97. The summed E-state index contributed by atoms with van der Waals surface area (Å²) in [6, 6.07) is 8.22. The van der Waals surface area contributed by atoms with E-state index in [0.29, 0.717) is 17.7 Å². The van der Waals surface area contributed by atoms with Crippen LogP contribution in [0.15, 0.2) is 48.5 Å². The van der Waals surface area contributed by atoms with Crippen molar-refractivity contribution in [3.8, 4) is 0 Å². The van der Waals surface area contributed by atoms with Gasteiger partial charge < -0.3 is 14.8 Å². The zero-order valence-electron chi connectivity index (χ0n) is 18.6. The number of alkyl halides is 3. The number of carbonyl (C=O) groups excluding carboxylic acids is 3. The number of alkyl carbamates (subject to hydrolysis) is 1. The molecule has 0 fully saturated rings.